The van der Waals surface area contributed by atoms with E-state index in [0.29, 0.717) is 6.42 Å². The van der Waals surface area contributed by atoms with Crippen LogP contribution in [0.25, 0.3) is 0 Å². The van der Waals surface area contributed by atoms with Gasteiger partial charge in [-0.2, -0.15) is 0 Å². The summed E-state index contributed by atoms with van der Waals surface area (Å²) in [5.74, 6) is -2.82. The second-order valence-electron chi connectivity index (χ2n) is 25.9. The van der Waals surface area contributed by atoms with Crippen molar-refractivity contribution in [3.8, 4) is 0 Å². The fraction of sp³-hybridized carbons (Fsp3) is 0.892. The summed E-state index contributed by atoms with van der Waals surface area (Å²) in [6.07, 6.45) is -14.8. The van der Waals surface area contributed by atoms with E-state index in [0.717, 1.165) is 0 Å². The lowest BCUT2D eigenvalue weighted by Crippen LogP contribution is -2.64. The maximum atomic E-state index is 13.8. The van der Waals surface area contributed by atoms with Crippen LogP contribution in [0.5, 0.6) is 0 Å². The van der Waals surface area contributed by atoms with Crippen molar-refractivity contribution in [2.45, 2.75) is 190 Å². The van der Waals surface area contributed by atoms with Gasteiger partial charge in [-0.05, 0) is 31.1 Å². The van der Waals surface area contributed by atoms with Crippen LogP contribution in [-0.4, -0.2) is 363 Å². The normalized spacial score (nSPS) is 25.6. The first-order valence-corrected chi connectivity index (χ1v) is 35.1. The molecule has 0 aromatic heterocycles. The van der Waals surface area contributed by atoms with Gasteiger partial charge < -0.3 is 154 Å². The smallest absolute Gasteiger partial charge is 0.220 e. The summed E-state index contributed by atoms with van der Waals surface area (Å²) in [6.45, 7) is 11.5. The molecule has 38 heteroatoms. The largest absolute Gasteiger partial charge is 0.394 e. The van der Waals surface area contributed by atoms with E-state index in [9.17, 15) is 79.5 Å². The number of carbonyl (C=O) groups is 7. The molecule has 38 nitrogen and oxygen atoms in total. The van der Waals surface area contributed by atoms with Crippen LogP contribution in [0.1, 0.15) is 92.9 Å². The van der Waals surface area contributed by atoms with E-state index >= 15 is 0 Å². The van der Waals surface area contributed by atoms with E-state index in [1.807, 2.05) is 20.8 Å². The molecule has 3 heterocycles. The lowest BCUT2D eigenvalue weighted by Gasteiger charge is -2.42. The molecule has 0 aromatic rings. The van der Waals surface area contributed by atoms with Crippen molar-refractivity contribution in [3.05, 3.63) is 0 Å². The van der Waals surface area contributed by atoms with Crippen molar-refractivity contribution in [2.75, 3.05) is 178 Å². The number of hydrogen-bond acceptors (Lipinski definition) is 31. The molecule has 0 radical (unpaired) electrons. The molecule has 15 atom stereocenters. The van der Waals surface area contributed by atoms with Crippen LogP contribution >= 0.6 is 0 Å². The maximum absolute atomic E-state index is 13.8. The van der Waals surface area contributed by atoms with Crippen LogP contribution in [0.2, 0.25) is 0 Å². The second kappa shape index (κ2) is 53.2. The minimum Gasteiger partial charge on any atom is -0.394 e. The Bertz CT molecular complexity index is 2140. The Morgan fingerprint density at radius 1 is 0.330 bits per heavy atom. The van der Waals surface area contributed by atoms with E-state index in [-0.39, 0.29) is 232 Å². The topological polar surface area (TPSA) is 524 Å². The van der Waals surface area contributed by atoms with E-state index in [1.165, 1.54) is 20.8 Å². The summed E-state index contributed by atoms with van der Waals surface area (Å²) >= 11 is 0. The van der Waals surface area contributed by atoms with Gasteiger partial charge in [-0.15, -0.1) is 0 Å². The van der Waals surface area contributed by atoms with Crippen LogP contribution in [0.15, 0.2) is 0 Å². The zero-order valence-corrected chi connectivity index (χ0v) is 60.4. The number of carbonyl (C=O) groups excluding carboxylic acids is 7. The Morgan fingerprint density at radius 3 is 0.796 bits per heavy atom. The molecule has 3 aliphatic heterocycles. The predicted molar refractivity (Wildman–Crippen MR) is 358 cm³/mol. The summed E-state index contributed by atoms with van der Waals surface area (Å²) in [4.78, 5) is 89.1. The molecule has 0 spiro atoms. The van der Waals surface area contributed by atoms with Gasteiger partial charge in [0.05, 0.1) is 159 Å². The van der Waals surface area contributed by atoms with Crippen molar-refractivity contribution >= 4 is 41.4 Å². The molecule has 103 heavy (non-hydrogen) atoms. The van der Waals surface area contributed by atoms with Gasteiger partial charge in [0.25, 0.3) is 0 Å². The van der Waals surface area contributed by atoms with E-state index in [4.69, 9.17) is 71.1 Å². The molecule has 3 rings (SSSR count). The lowest BCUT2D eigenvalue weighted by molar-refractivity contribution is -0.272. The summed E-state index contributed by atoms with van der Waals surface area (Å²) in [5, 5.41) is 110. The zero-order chi connectivity index (χ0) is 76.0. The minimum atomic E-state index is -1.44. The van der Waals surface area contributed by atoms with Crippen LogP contribution in [0, 0.1) is 5.41 Å². The molecular formula is C65H119N7O31. The highest BCUT2D eigenvalue weighted by molar-refractivity contribution is 5.80. The van der Waals surface area contributed by atoms with E-state index in [1.54, 1.807) is 0 Å². The molecule has 0 aliphatic carbocycles. The Labute approximate surface area is 601 Å². The second-order valence-corrected chi connectivity index (χ2v) is 25.9. The summed E-state index contributed by atoms with van der Waals surface area (Å²) in [7, 11) is 0. The summed E-state index contributed by atoms with van der Waals surface area (Å²) in [5.41, 5.74) is -1.38. The molecule has 7 amide bonds. The SMILES string of the molecule is CC(=O)NC1C(OCCOCCOCCOCCNC(=O)CCC(CCC(=O)NCCOCCOCCOCCOC2OC(CO)C(O)C(O)C2NC(C)=O)(CCC(=O)NCCOCCOCCOCCOC2OC(CO)C(O)C(O)C2NC(C)=O)NC(=O)CCC(C)(C)C)OC(CO)C(O)C1O. The molecule has 0 bridgehead atoms. The molecule has 600 valence electrons. The fourth-order valence-corrected chi connectivity index (χ4v) is 10.7. The third kappa shape index (κ3) is 39.1. The number of ether oxygens (including phenoxy) is 15. The number of amides is 7. The molecule has 0 saturated carbocycles. The molecule has 15 unspecified atom stereocenters. The van der Waals surface area contributed by atoms with Gasteiger partial charge in [0.2, 0.25) is 41.4 Å². The molecule has 3 saturated heterocycles. The van der Waals surface area contributed by atoms with E-state index < -0.39 is 135 Å². The first-order valence-electron chi connectivity index (χ1n) is 35.1. The predicted octanol–water partition coefficient (Wildman–Crippen LogP) is -6.61. The van der Waals surface area contributed by atoms with Crippen molar-refractivity contribution in [1.82, 2.24) is 37.2 Å². The number of rotatable bonds is 57. The van der Waals surface area contributed by atoms with Crippen LogP contribution in [0.3, 0.4) is 0 Å². The summed E-state index contributed by atoms with van der Waals surface area (Å²) < 4.78 is 83.7. The third-order valence-electron chi connectivity index (χ3n) is 16.2. The Balaban J connectivity index is 1.45. The average molecular weight is 1490 g/mol. The van der Waals surface area contributed by atoms with Crippen LogP contribution in [0.4, 0.5) is 0 Å². The molecule has 0 aromatic carbocycles. The van der Waals surface area contributed by atoms with Gasteiger partial charge in [0.1, 0.15) is 73.1 Å². The fourth-order valence-electron chi connectivity index (χ4n) is 10.7. The van der Waals surface area contributed by atoms with Gasteiger partial charge in [-0.1, -0.05) is 20.8 Å². The molecule has 16 N–H and O–H groups in total. The number of hydrogen-bond donors (Lipinski definition) is 16. The molecule has 3 fully saturated rings. The van der Waals surface area contributed by atoms with Crippen molar-refractivity contribution in [1.29, 1.82) is 0 Å². The first kappa shape index (κ1) is 92.5. The van der Waals surface area contributed by atoms with Crippen LogP contribution in [-0.2, 0) is 105 Å². The van der Waals surface area contributed by atoms with Crippen LogP contribution < -0.4 is 37.2 Å². The van der Waals surface area contributed by atoms with Gasteiger partial charge in [0.15, 0.2) is 18.9 Å². The number of aliphatic hydroxyl groups excluding tert-OH is 9. The average Bonchev–Trinajstić information content (AvgIpc) is 0.854. The van der Waals surface area contributed by atoms with Gasteiger partial charge in [-0.3, -0.25) is 33.6 Å². The standard InChI is InChI=1S/C65H119N7O31/c1-42(76)69-52-58(86)55(83)45(39-73)101-61(52)98-36-33-95-30-27-92-24-21-89-18-15-66-48(79)8-12-65(72-51(82)7-11-64(4,5)6,13-9-49(80)67-16-19-90-22-25-93-28-31-96-34-37-99-62-53(70-43(2)77)59(87)56(84)46(40-74)102-62)14-10-50(81)68-17-20-91-23-26-94-29-32-97-35-38-100-63-54(71-44(3)78)60(88)57(85)47(41-75)103-63/h45-47,52-63,73-75,83-88H,7-41H2,1-6H3,(H,66,79)(H,67,80)(H,68,81)(H,69,76)(H,70,77)(H,71,78)(H,72,82). The monoisotopic (exact) mass is 1490 g/mol. The van der Waals surface area contributed by atoms with Gasteiger partial charge >= 0.3 is 0 Å². The van der Waals surface area contributed by atoms with Crippen molar-refractivity contribution in [3.63, 3.8) is 0 Å². The molecule has 3 aliphatic rings. The minimum absolute atomic E-state index is 0.00146. The first-order chi connectivity index (χ1) is 49.2. The highest BCUT2D eigenvalue weighted by Gasteiger charge is 2.48. The summed E-state index contributed by atoms with van der Waals surface area (Å²) in [6, 6.07) is -3.23. The van der Waals surface area contributed by atoms with Gasteiger partial charge in [0, 0.05) is 71.6 Å². The highest BCUT2D eigenvalue weighted by Crippen LogP contribution is 2.29. The third-order valence-corrected chi connectivity index (χ3v) is 16.2. The Morgan fingerprint density at radius 2 is 0.563 bits per heavy atom. The maximum Gasteiger partial charge on any atom is 0.220 e. The zero-order valence-electron chi connectivity index (χ0n) is 60.4. The highest BCUT2D eigenvalue weighted by atomic mass is 16.7. The van der Waals surface area contributed by atoms with Gasteiger partial charge in [-0.25, -0.2) is 0 Å². The van der Waals surface area contributed by atoms with Crippen molar-refractivity contribution < 1.29 is 151 Å². The van der Waals surface area contributed by atoms with E-state index in [2.05, 4.69) is 37.2 Å². The Hall–Kier alpha value is -4.67. The Kier molecular flexibility index (Phi) is 47.8. The molecular weight excluding hydrogens is 1370 g/mol. The quantitative estimate of drug-likeness (QED) is 0.0252. The number of nitrogens with one attached hydrogen (secondary N) is 7. The lowest BCUT2D eigenvalue weighted by atomic mass is 9.82. The number of aliphatic hydroxyl groups is 9. The van der Waals surface area contributed by atoms with Crippen molar-refractivity contribution in [2.24, 2.45) is 5.41 Å².